The van der Waals surface area contributed by atoms with E-state index >= 15 is 0 Å². The van der Waals surface area contributed by atoms with E-state index in [2.05, 4.69) is 0 Å². The molecule has 114 valence electrons. The summed E-state index contributed by atoms with van der Waals surface area (Å²) in [5, 5.41) is 22.0. The third-order valence-corrected chi connectivity index (χ3v) is 2.47. The molecule has 1 aromatic carbocycles. The molecule has 0 heterocycles. The lowest BCUT2D eigenvalue weighted by Crippen LogP contribution is -2.19. The summed E-state index contributed by atoms with van der Waals surface area (Å²) in [6.07, 6.45) is 0. The molecule has 0 atom stereocenters. The van der Waals surface area contributed by atoms with Crippen LogP contribution in [0.25, 0.3) is 0 Å². The summed E-state index contributed by atoms with van der Waals surface area (Å²) >= 11 is 0. The highest BCUT2D eigenvalue weighted by atomic mass is 16.6. The normalized spacial score (nSPS) is 11.0. The van der Waals surface area contributed by atoms with E-state index in [-0.39, 0.29) is 12.0 Å². The Morgan fingerprint density at radius 1 is 1.19 bits per heavy atom. The molecule has 0 aliphatic rings. The Kier molecular flexibility index (Phi) is 4.62. The quantitative estimate of drug-likeness (QED) is 0.479. The smallest absolute Gasteiger partial charge is 0.360 e. The maximum absolute atomic E-state index is 12.0. The molecule has 8 nitrogen and oxygen atoms in total. The van der Waals surface area contributed by atoms with Gasteiger partial charge in [-0.05, 0) is 24.0 Å². The van der Waals surface area contributed by atoms with Crippen molar-refractivity contribution in [3.8, 4) is 0 Å². The lowest BCUT2D eigenvalue weighted by molar-refractivity contribution is -0.422. The molecular weight excluding hydrogens is 280 g/mol. The molecule has 0 radical (unpaired) electrons. The van der Waals surface area contributed by atoms with Gasteiger partial charge in [-0.1, -0.05) is 20.8 Å². The van der Waals surface area contributed by atoms with Crippen molar-refractivity contribution in [2.45, 2.75) is 27.7 Å². The first-order valence-corrected chi connectivity index (χ1v) is 6.13. The molecule has 0 amide bonds. The minimum atomic E-state index is -0.941. The van der Waals surface area contributed by atoms with Crippen molar-refractivity contribution in [2.24, 2.45) is 5.41 Å². The van der Waals surface area contributed by atoms with E-state index in [0.29, 0.717) is 5.56 Å². The Morgan fingerprint density at radius 3 is 2.19 bits per heavy atom. The van der Waals surface area contributed by atoms with Crippen LogP contribution in [-0.2, 0) is 4.74 Å². The van der Waals surface area contributed by atoms with Crippen molar-refractivity contribution < 1.29 is 19.4 Å². The standard InChI is InChI=1S/C13H16N2O6/c1-8-5-9(12(16)21-7-13(2,3)4)11(15(19)20)10(6-8)14(17)18/h5-6H,7H2,1-4H3. The van der Waals surface area contributed by atoms with Crippen LogP contribution in [-0.4, -0.2) is 22.4 Å². The predicted molar refractivity (Wildman–Crippen MR) is 74.2 cm³/mol. The molecule has 0 aliphatic carbocycles. The molecule has 0 fully saturated rings. The van der Waals surface area contributed by atoms with Crippen molar-refractivity contribution in [2.75, 3.05) is 6.61 Å². The Bertz CT molecular complexity index is 603. The van der Waals surface area contributed by atoms with Gasteiger partial charge >= 0.3 is 17.3 Å². The van der Waals surface area contributed by atoms with Crippen LogP contribution < -0.4 is 0 Å². The van der Waals surface area contributed by atoms with Crippen LogP contribution >= 0.6 is 0 Å². The summed E-state index contributed by atoms with van der Waals surface area (Å²) < 4.78 is 5.01. The van der Waals surface area contributed by atoms with Gasteiger partial charge in [-0.2, -0.15) is 0 Å². The lowest BCUT2D eigenvalue weighted by atomic mass is 9.98. The second-order valence-electron chi connectivity index (χ2n) is 5.83. The van der Waals surface area contributed by atoms with E-state index in [0.717, 1.165) is 6.07 Å². The zero-order valence-corrected chi connectivity index (χ0v) is 12.2. The van der Waals surface area contributed by atoms with Crippen molar-refractivity contribution in [1.29, 1.82) is 0 Å². The molecule has 0 N–H and O–H groups in total. The number of nitrogens with zero attached hydrogens (tertiary/aromatic N) is 2. The SMILES string of the molecule is Cc1cc(C(=O)OCC(C)(C)C)c([N+](=O)[O-])c([N+](=O)[O-])c1. The Morgan fingerprint density at radius 2 is 1.76 bits per heavy atom. The van der Waals surface area contributed by atoms with Crippen molar-refractivity contribution in [1.82, 2.24) is 0 Å². The first kappa shape index (κ1) is 16.5. The number of nitro groups is 2. The summed E-state index contributed by atoms with van der Waals surface area (Å²) in [6.45, 7) is 7.04. The highest BCUT2D eigenvalue weighted by molar-refractivity contribution is 5.96. The number of carbonyl (C=O) groups is 1. The second kappa shape index (κ2) is 5.86. The van der Waals surface area contributed by atoms with Crippen LogP contribution in [0, 0.1) is 32.6 Å². The van der Waals surface area contributed by atoms with Crippen molar-refractivity contribution in [3.05, 3.63) is 43.5 Å². The minimum absolute atomic E-state index is 0.0464. The first-order chi connectivity index (χ1) is 9.53. The molecule has 0 spiro atoms. The van der Waals surface area contributed by atoms with Crippen LogP contribution in [0.2, 0.25) is 0 Å². The molecule has 0 saturated heterocycles. The van der Waals surface area contributed by atoms with Crippen molar-refractivity contribution in [3.63, 3.8) is 0 Å². The maximum atomic E-state index is 12.0. The fourth-order valence-electron chi connectivity index (χ4n) is 1.61. The summed E-state index contributed by atoms with van der Waals surface area (Å²) in [5.41, 5.74) is -1.92. The van der Waals surface area contributed by atoms with Crippen LogP contribution in [0.15, 0.2) is 12.1 Å². The number of benzene rings is 1. The van der Waals surface area contributed by atoms with E-state index in [1.807, 2.05) is 20.8 Å². The van der Waals surface area contributed by atoms with Gasteiger partial charge in [-0.25, -0.2) is 4.79 Å². The van der Waals surface area contributed by atoms with Crippen LogP contribution in [0.3, 0.4) is 0 Å². The number of carbonyl (C=O) groups excluding carboxylic acids is 1. The van der Waals surface area contributed by atoms with Gasteiger partial charge in [0.15, 0.2) is 0 Å². The first-order valence-electron chi connectivity index (χ1n) is 6.13. The number of nitro benzene ring substituents is 2. The Labute approximate surface area is 121 Å². The molecule has 8 heteroatoms. The van der Waals surface area contributed by atoms with Gasteiger partial charge in [0.25, 0.3) is 0 Å². The molecule has 0 unspecified atom stereocenters. The van der Waals surface area contributed by atoms with Gasteiger partial charge in [-0.3, -0.25) is 20.2 Å². The molecule has 21 heavy (non-hydrogen) atoms. The van der Waals surface area contributed by atoms with E-state index in [4.69, 9.17) is 4.74 Å². The summed E-state index contributed by atoms with van der Waals surface area (Å²) in [6, 6.07) is 2.27. The summed E-state index contributed by atoms with van der Waals surface area (Å²) in [5.74, 6) is -0.941. The Balaban J connectivity index is 3.31. The third-order valence-electron chi connectivity index (χ3n) is 2.47. The van der Waals surface area contributed by atoms with Crippen LogP contribution in [0.5, 0.6) is 0 Å². The molecule has 1 aromatic rings. The average Bonchev–Trinajstić information content (AvgIpc) is 2.33. The zero-order valence-electron chi connectivity index (χ0n) is 12.2. The number of hydrogen-bond donors (Lipinski definition) is 0. The number of esters is 1. The molecule has 1 rings (SSSR count). The van der Waals surface area contributed by atoms with Gasteiger partial charge in [0.1, 0.15) is 5.56 Å². The topological polar surface area (TPSA) is 113 Å². The number of rotatable bonds is 4. The second-order valence-corrected chi connectivity index (χ2v) is 5.83. The predicted octanol–water partition coefficient (Wildman–Crippen LogP) is 3.01. The molecule has 0 saturated carbocycles. The zero-order chi connectivity index (χ0) is 16.4. The fraction of sp³-hybridized carbons (Fsp3) is 0.462. The third kappa shape index (κ3) is 4.23. The molecule has 0 bridgehead atoms. The van der Waals surface area contributed by atoms with Crippen molar-refractivity contribution >= 4 is 17.3 Å². The van der Waals surface area contributed by atoms with Crippen LogP contribution in [0.1, 0.15) is 36.7 Å². The Hall–Kier alpha value is -2.51. The van der Waals surface area contributed by atoms with E-state index in [9.17, 15) is 25.0 Å². The van der Waals surface area contributed by atoms with E-state index in [1.165, 1.54) is 13.0 Å². The number of aryl methyl sites for hydroxylation is 1. The number of hydrogen-bond acceptors (Lipinski definition) is 6. The van der Waals surface area contributed by atoms with E-state index in [1.54, 1.807) is 0 Å². The van der Waals surface area contributed by atoms with Gasteiger partial charge in [0.05, 0.1) is 16.5 Å². The lowest BCUT2D eigenvalue weighted by Gasteiger charge is -2.17. The minimum Gasteiger partial charge on any atom is -0.461 e. The maximum Gasteiger partial charge on any atom is 0.360 e. The molecular formula is C13H16N2O6. The fourth-order valence-corrected chi connectivity index (χ4v) is 1.61. The summed E-state index contributed by atoms with van der Waals surface area (Å²) in [7, 11) is 0. The van der Waals surface area contributed by atoms with E-state index < -0.39 is 32.8 Å². The van der Waals surface area contributed by atoms with Crippen LogP contribution in [0.4, 0.5) is 11.4 Å². The van der Waals surface area contributed by atoms with Gasteiger partial charge in [0, 0.05) is 6.07 Å². The highest BCUT2D eigenvalue weighted by Gasteiger charge is 2.33. The van der Waals surface area contributed by atoms with Gasteiger partial charge < -0.3 is 4.74 Å². The summed E-state index contributed by atoms with van der Waals surface area (Å²) in [4.78, 5) is 32.1. The average molecular weight is 296 g/mol. The molecule has 0 aromatic heterocycles. The highest BCUT2D eigenvalue weighted by Crippen LogP contribution is 2.32. The van der Waals surface area contributed by atoms with Gasteiger partial charge in [-0.15, -0.1) is 0 Å². The largest absolute Gasteiger partial charge is 0.461 e. The number of ether oxygens (including phenoxy) is 1. The molecule has 0 aliphatic heterocycles. The van der Waals surface area contributed by atoms with Gasteiger partial charge in [0.2, 0.25) is 0 Å². The monoisotopic (exact) mass is 296 g/mol.